The van der Waals surface area contributed by atoms with Gasteiger partial charge in [-0.15, -0.1) is 22.6 Å². The summed E-state index contributed by atoms with van der Waals surface area (Å²) in [6.07, 6.45) is 2.41. The molecular weight excluding hydrogens is 370 g/mol. The normalized spacial score (nSPS) is 17.5. The lowest BCUT2D eigenvalue weighted by molar-refractivity contribution is 0.0950. The second kappa shape index (κ2) is 9.97. The van der Waals surface area contributed by atoms with Gasteiger partial charge in [0, 0.05) is 19.1 Å². The van der Waals surface area contributed by atoms with Crippen molar-refractivity contribution in [1.29, 1.82) is 0 Å². The molecule has 2 N–H and O–H groups in total. The van der Waals surface area contributed by atoms with E-state index < -0.39 is 0 Å². The number of likely N-dealkylation sites (tertiary alicyclic amines) is 1. The van der Waals surface area contributed by atoms with Gasteiger partial charge in [-0.1, -0.05) is 41.2 Å². The minimum atomic E-state index is -0.156. The highest BCUT2D eigenvalue weighted by atomic mass is 35.5. The molecule has 1 aliphatic heterocycles. The molecule has 0 aliphatic carbocycles. The standard InChI is InChI=1S/C18H25N5OS.ClH/c1-13-5-7-14(8-6-13)10-20-17(24)18-22-21-16(25-18)12-23-9-3-4-15(11-23)19-2;/h5-8,15,19H,3-4,9-12H2,1-2H3,(H,20,24);1H. The van der Waals surface area contributed by atoms with Gasteiger partial charge in [0.2, 0.25) is 5.01 Å². The van der Waals surface area contributed by atoms with Gasteiger partial charge in [-0.05, 0) is 38.9 Å². The van der Waals surface area contributed by atoms with Gasteiger partial charge in [-0.3, -0.25) is 9.69 Å². The summed E-state index contributed by atoms with van der Waals surface area (Å²) >= 11 is 1.38. The first-order valence-electron chi connectivity index (χ1n) is 8.70. The number of piperidine rings is 1. The van der Waals surface area contributed by atoms with Gasteiger partial charge in [-0.25, -0.2) is 0 Å². The number of nitrogens with zero attached hydrogens (tertiary/aromatic N) is 3. The van der Waals surface area contributed by atoms with Crippen molar-refractivity contribution < 1.29 is 4.79 Å². The van der Waals surface area contributed by atoms with Crippen LogP contribution in [0.25, 0.3) is 0 Å². The molecule has 26 heavy (non-hydrogen) atoms. The number of amides is 1. The summed E-state index contributed by atoms with van der Waals surface area (Å²) in [4.78, 5) is 14.6. The molecule has 1 saturated heterocycles. The zero-order chi connectivity index (χ0) is 17.6. The first-order chi connectivity index (χ1) is 12.1. The maximum absolute atomic E-state index is 12.3. The van der Waals surface area contributed by atoms with Crippen molar-refractivity contribution in [2.24, 2.45) is 0 Å². The number of carbonyl (C=O) groups excluding carboxylic acids is 1. The fourth-order valence-electron chi connectivity index (χ4n) is 3.00. The molecule has 0 spiro atoms. The number of rotatable bonds is 6. The first-order valence-corrected chi connectivity index (χ1v) is 9.51. The molecule has 2 heterocycles. The minimum absolute atomic E-state index is 0. The van der Waals surface area contributed by atoms with E-state index in [4.69, 9.17) is 0 Å². The number of carbonyl (C=O) groups is 1. The molecule has 3 rings (SSSR count). The molecule has 0 saturated carbocycles. The molecule has 1 atom stereocenters. The smallest absolute Gasteiger partial charge is 0.282 e. The Morgan fingerprint density at radius 2 is 2.08 bits per heavy atom. The predicted molar refractivity (Wildman–Crippen MR) is 107 cm³/mol. The van der Waals surface area contributed by atoms with Crippen molar-refractivity contribution >= 4 is 29.7 Å². The van der Waals surface area contributed by atoms with Crippen LogP contribution in [0.5, 0.6) is 0 Å². The second-order valence-corrected chi connectivity index (χ2v) is 7.59. The largest absolute Gasteiger partial charge is 0.346 e. The monoisotopic (exact) mass is 395 g/mol. The van der Waals surface area contributed by atoms with Crippen LogP contribution in [0.4, 0.5) is 0 Å². The van der Waals surface area contributed by atoms with Crippen molar-refractivity contribution in [2.75, 3.05) is 20.1 Å². The average Bonchev–Trinajstić information content (AvgIpc) is 3.09. The number of halogens is 1. The molecule has 142 valence electrons. The van der Waals surface area contributed by atoms with Gasteiger partial charge in [0.05, 0.1) is 6.54 Å². The van der Waals surface area contributed by atoms with Crippen molar-refractivity contribution in [3.05, 3.63) is 45.4 Å². The van der Waals surface area contributed by atoms with E-state index in [0.717, 1.165) is 30.2 Å². The van der Waals surface area contributed by atoms with Gasteiger partial charge >= 0.3 is 0 Å². The summed E-state index contributed by atoms with van der Waals surface area (Å²) < 4.78 is 0. The van der Waals surface area contributed by atoms with E-state index in [2.05, 4.69) is 25.7 Å². The maximum atomic E-state index is 12.3. The fourth-order valence-corrected chi connectivity index (χ4v) is 3.80. The third-order valence-electron chi connectivity index (χ3n) is 4.51. The highest BCUT2D eigenvalue weighted by Crippen LogP contribution is 2.16. The summed E-state index contributed by atoms with van der Waals surface area (Å²) in [5.41, 5.74) is 2.29. The van der Waals surface area contributed by atoms with Gasteiger partial charge in [0.25, 0.3) is 5.91 Å². The van der Waals surface area contributed by atoms with Crippen LogP contribution in [-0.4, -0.2) is 47.2 Å². The van der Waals surface area contributed by atoms with Crippen LogP contribution in [0.2, 0.25) is 0 Å². The summed E-state index contributed by atoms with van der Waals surface area (Å²) in [6, 6.07) is 8.67. The third kappa shape index (κ3) is 5.74. The Balaban J connectivity index is 0.00000243. The van der Waals surface area contributed by atoms with Gasteiger partial charge in [0.1, 0.15) is 5.01 Å². The molecule has 1 aliphatic rings. The molecule has 8 heteroatoms. The van der Waals surface area contributed by atoms with Crippen molar-refractivity contribution in [3.8, 4) is 0 Å². The van der Waals surface area contributed by atoms with Crippen LogP contribution in [0, 0.1) is 6.92 Å². The first kappa shape index (κ1) is 20.8. The summed E-state index contributed by atoms with van der Waals surface area (Å²) in [7, 11) is 2.01. The van der Waals surface area contributed by atoms with E-state index in [0.29, 0.717) is 17.6 Å². The summed E-state index contributed by atoms with van der Waals surface area (Å²) in [6.45, 7) is 5.41. The Labute approximate surface area is 164 Å². The van der Waals surface area contributed by atoms with E-state index in [1.54, 1.807) is 0 Å². The van der Waals surface area contributed by atoms with E-state index in [9.17, 15) is 4.79 Å². The van der Waals surface area contributed by atoms with Crippen LogP contribution in [-0.2, 0) is 13.1 Å². The number of hydrogen-bond donors (Lipinski definition) is 2. The van der Waals surface area contributed by atoms with Gasteiger partial charge in [0.15, 0.2) is 0 Å². The molecule has 1 aromatic carbocycles. The topological polar surface area (TPSA) is 70.1 Å². The van der Waals surface area contributed by atoms with E-state index >= 15 is 0 Å². The van der Waals surface area contributed by atoms with Crippen molar-refractivity contribution in [3.63, 3.8) is 0 Å². The molecule has 0 radical (unpaired) electrons. The zero-order valence-electron chi connectivity index (χ0n) is 15.2. The molecule has 2 aromatic rings. The minimum Gasteiger partial charge on any atom is -0.346 e. The predicted octanol–water partition coefficient (Wildman–Crippen LogP) is 2.38. The third-order valence-corrected chi connectivity index (χ3v) is 5.41. The van der Waals surface area contributed by atoms with E-state index in [1.165, 1.54) is 29.7 Å². The zero-order valence-corrected chi connectivity index (χ0v) is 16.8. The number of nitrogens with one attached hydrogen (secondary N) is 2. The molecule has 1 unspecified atom stereocenters. The van der Waals surface area contributed by atoms with Crippen LogP contribution in [0.15, 0.2) is 24.3 Å². The lowest BCUT2D eigenvalue weighted by Gasteiger charge is -2.31. The van der Waals surface area contributed by atoms with Crippen LogP contribution < -0.4 is 10.6 Å². The Kier molecular flexibility index (Phi) is 7.96. The number of likely N-dealkylation sites (N-methyl/N-ethyl adjacent to an activating group) is 1. The van der Waals surface area contributed by atoms with Crippen LogP contribution >= 0.6 is 23.7 Å². The molecule has 1 fully saturated rings. The summed E-state index contributed by atoms with van der Waals surface area (Å²) in [5.74, 6) is -0.156. The van der Waals surface area contributed by atoms with E-state index in [1.807, 2.05) is 38.2 Å². The van der Waals surface area contributed by atoms with Gasteiger partial charge in [-0.2, -0.15) is 0 Å². The highest BCUT2D eigenvalue weighted by molar-refractivity contribution is 7.13. The highest BCUT2D eigenvalue weighted by Gasteiger charge is 2.20. The quantitative estimate of drug-likeness (QED) is 0.785. The molecule has 1 aromatic heterocycles. The van der Waals surface area contributed by atoms with Crippen molar-refractivity contribution in [1.82, 2.24) is 25.7 Å². The number of aryl methyl sites for hydroxylation is 1. The lowest BCUT2D eigenvalue weighted by Crippen LogP contribution is -2.43. The Bertz CT molecular complexity index is 706. The number of benzene rings is 1. The Hall–Kier alpha value is -1.54. The second-order valence-electron chi connectivity index (χ2n) is 6.53. The fraction of sp³-hybridized carbons (Fsp3) is 0.500. The molecule has 6 nitrogen and oxygen atoms in total. The maximum Gasteiger partial charge on any atom is 0.282 e. The van der Waals surface area contributed by atoms with Crippen LogP contribution in [0.1, 0.15) is 38.8 Å². The van der Waals surface area contributed by atoms with E-state index in [-0.39, 0.29) is 18.3 Å². The Morgan fingerprint density at radius 1 is 1.31 bits per heavy atom. The van der Waals surface area contributed by atoms with Crippen LogP contribution in [0.3, 0.4) is 0 Å². The van der Waals surface area contributed by atoms with Gasteiger partial charge < -0.3 is 10.6 Å². The lowest BCUT2D eigenvalue weighted by atomic mass is 10.1. The summed E-state index contributed by atoms with van der Waals surface area (Å²) in [5, 5.41) is 15.8. The molecule has 1 amide bonds. The number of hydrogen-bond acceptors (Lipinski definition) is 6. The average molecular weight is 396 g/mol. The Morgan fingerprint density at radius 3 is 2.81 bits per heavy atom. The van der Waals surface area contributed by atoms with Crippen molar-refractivity contribution in [2.45, 2.75) is 38.9 Å². The molecular formula is C18H26ClN5OS. The molecule has 0 bridgehead atoms. The SMILES string of the molecule is CNC1CCCN(Cc2nnc(C(=O)NCc3ccc(C)cc3)s2)C1.Cl. The number of aromatic nitrogens is 2.